The molecule has 0 N–H and O–H groups in total. The summed E-state index contributed by atoms with van der Waals surface area (Å²) in [5.41, 5.74) is 0. The molecule has 4 heteroatoms. The quantitative estimate of drug-likeness (QED) is 0.847. The van der Waals surface area contributed by atoms with E-state index in [0.717, 1.165) is 16.0 Å². The van der Waals surface area contributed by atoms with Crippen LogP contribution in [0, 0.1) is 0 Å². The largest absolute Gasteiger partial charge is 0.298 e. The lowest BCUT2D eigenvalue weighted by Crippen LogP contribution is -2.15. The second-order valence-electron chi connectivity index (χ2n) is 3.35. The molecule has 76 valence electrons. The van der Waals surface area contributed by atoms with Gasteiger partial charge in [0.1, 0.15) is 0 Å². The Bertz CT molecular complexity index is 329. The SMILES string of the molecule is O=C(Cc1ccc(Br)s1)C1CCCS1. The number of ketones is 1. The molecule has 0 amide bonds. The molecule has 1 aliphatic rings. The lowest BCUT2D eigenvalue weighted by atomic mass is 10.1. The van der Waals surface area contributed by atoms with Crippen molar-refractivity contribution in [1.82, 2.24) is 0 Å². The van der Waals surface area contributed by atoms with Gasteiger partial charge in [0.15, 0.2) is 5.78 Å². The van der Waals surface area contributed by atoms with Gasteiger partial charge in [-0.3, -0.25) is 4.79 Å². The van der Waals surface area contributed by atoms with Crippen LogP contribution in [0.4, 0.5) is 0 Å². The molecule has 0 spiro atoms. The lowest BCUT2D eigenvalue weighted by molar-refractivity contribution is -0.117. The molecule has 1 aromatic rings. The number of carbonyl (C=O) groups is 1. The molecule has 14 heavy (non-hydrogen) atoms. The van der Waals surface area contributed by atoms with E-state index in [1.54, 1.807) is 11.3 Å². The fourth-order valence-electron chi connectivity index (χ4n) is 1.56. The van der Waals surface area contributed by atoms with Gasteiger partial charge in [-0.1, -0.05) is 0 Å². The van der Waals surface area contributed by atoms with Crippen molar-refractivity contribution >= 4 is 44.8 Å². The highest BCUT2D eigenvalue weighted by molar-refractivity contribution is 9.11. The molecule has 0 aliphatic carbocycles. The second-order valence-corrected chi connectivity index (χ2v) is 7.21. The van der Waals surface area contributed by atoms with Crippen LogP contribution in [0.1, 0.15) is 17.7 Å². The number of hydrogen-bond acceptors (Lipinski definition) is 3. The van der Waals surface area contributed by atoms with Gasteiger partial charge in [0.2, 0.25) is 0 Å². The number of halogens is 1. The van der Waals surface area contributed by atoms with Crippen molar-refractivity contribution in [1.29, 1.82) is 0 Å². The Morgan fingerprint density at radius 2 is 2.43 bits per heavy atom. The van der Waals surface area contributed by atoms with Gasteiger partial charge < -0.3 is 0 Å². The summed E-state index contributed by atoms with van der Waals surface area (Å²) in [6.07, 6.45) is 2.90. The summed E-state index contributed by atoms with van der Waals surface area (Å²) in [6, 6.07) is 4.04. The molecule has 1 atom stereocenters. The molecule has 0 saturated carbocycles. The van der Waals surface area contributed by atoms with Crippen molar-refractivity contribution in [3.63, 3.8) is 0 Å². The third-order valence-corrected chi connectivity index (χ3v) is 5.32. The molecule has 1 nitrogen and oxygen atoms in total. The lowest BCUT2D eigenvalue weighted by Gasteiger charge is -2.04. The van der Waals surface area contributed by atoms with Gasteiger partial charge in [-0.15, -0.1) is 11.3 Å². The van der Waals surface area contributed by atoms with E-state index >= 15 is 0 Å². The molecule has 1 aliphatic heterocycles. The van der Waals surface area contributed by atoms with Gasteiger partial charge >= 0.3 is 0 Å². The zero-order chi connectivity index (χ0) is 9.97. The molecule has 0 bridgehead atoms. The van der Waals surface area contributed by atoms with E-state index in [2.05, 4.69) is 15.9 Å². The Kier molecular flexibility index (Phi) is 3.68. The number of thiophene rings is 1. The molecule has 2 rings (SSSR count). The molecule has 1 fully saturated rings. The summed E-state index contributed by atoms with van der Waals surface area (Å²) in [6.45, 7) is 0. The predicted octanol–water partition coefficient (Wildman–Crippen LogP) is 3.52. The first-order valence-corrected chi connectivity index (χ1v) is 7.30. The van der Waals surface area contributed by atoms with E-state index in [9.17, 15) is 4.79 Å². The van der Waals surface area contributed by atoms with E-state index in [4.69, 9.17) is 0 Å². The van der Waals surface area contributed by atoms with Crippen molar-refractivity contribution in [2.45, 2.75) is 24.5 Å². The maximum Gasteiger partial charge on any atom is 0.150 e. The van der Waals surface area contributed by atoms with Gasteiger partial charge in [-0.25, -0.2) is 0 Å². The first-order chi connectivity index (χ1) is 6.75. The van der Waals surface area contributed by atoms with Crippen molar-refractivity contribution < 1.29 is 4.79 Å². The van der Waals surface area contributed by atoms with Gasteiger partial charge in [0, 0.05) is 11.3 Å². The number of Topliss-reactive ketones (excluding diaryl/α,β-unsaturated/α-hetero) is 1. The Morgan fingerprint density at radius 3 is 3.00 bits per heavy atom. The van der Waals surface area contributed by atoms with Crippen LogP contribution in [0.25, 0.3) is 0 Å². The zero-order valence-electron chi connectivity index (χ0n) is 7.66. The number of carbonyl (C=O) groups excluding carboxylic acids is 1. The van der Waals surface area contributed by atoms with Gasteiger partial charge in [-0.2, -0.15) is 11.8 Å². The Labute approximate surface area is 100 Å². The first kappa shape index (κ1) is 10.7. The highest BCUT2D eigenvalue weighted by Crippen LogP contribution is 2.29. The number of thioether (sulfide) groups is 1. The first-order valence-electron chi connectivity index (χ1n) is 4.64. The minimum atomic E-state index is 0.274. The van der Waals surface area contributed by atoms with Crippen molar-refractivity contribution in [3.8, 4) is 0 Å². The molecular formula is C10H11BrOS2. The highest BCUT2D eigenvalue weighted by atomic mass is 79.9. The summed E-state index contributed by atoms with van der Waals surface area (Å²) in [5.74, 6) is 1.56. The molecule has 2 heterocycles. The average Bonchev–Trinajstić information content (AvgIpc) is 2.75. The number of rotatable bonds is 3. The van der Waals surface area contributed by atoms with E-state index in [0.29, 0.717) is 12.2 Å². The third-order valence-electron chi connectivity index (χ3n) is 2.27. The van der Waals surface area contributed by atoms with Crippen LogP contribution < -0.4 is 0 Å². The van der Waals surface area contributed by atoms with Crippen LogP contribution in [0.3, 0.4) is 0 Å². The average molecular weight is 291 g/mol. The summed E-state index contributed by atoms with van der Waals surface area (Å²) in [4.78, 5) is 13.0. The van der Waals surface area contributed by atoms with Crippen molar-refractivity contribution in [2.24, 2.45) is 0 Å². The maximum atomic E-state index is 11.8. The molecule has 1 saturated heterocycles. The second kappa shape index (κ2) is 4.81. The van der Waals surface area contributed by atoms with Gasteiger partial charge in [0.05, 0.1) is 9.04 Å². The van der Waals surface area contributed by atoms with Crippen LogP contribution >= 0.6 is 39.0 Å². The fourth-order valence-corrected chi connectivity index (χ4v) is 4.28. The number of hydrogen-bond donors (Lipinski definition) is 0. The third kappa shape index (κ3) is 2.61. The summed E-state index contributed by atoms with van der Waals surface area (Å²) in [5, 5.41) is 0.274. The zero-order valence-corrected chi connectivity index (χ0v) is 10.9. The normalized spacial score (nSPS) is 21.4. The van der Waals surface area contributed by atoms with Crippen LogP contribution in [-0.2, 0) is 11.2 Å². The summed E-state index contributed by atoms with van der Waals surface area (Å²) >= 11 is 6.89. The molecule has 1 aromatic heterocycles. The summed E-state index contributed by atoms with van der Waals surface area (Å²) < 4.78 is 1.11. The van der Waals surface area contributed by atoms with Gasteiger partial charge in [0.25, 0.3) is 0 Å². The topological polar surface area (TPSA) is 17.1 Å². The maximum absolute atomic E-state index is 11.8. The fraction of sp³-hybridized carbons (Fsp3) is 0.500. The smallest absolute Gasteiger partial charge is 0.150 e. The highest BCUT2D eigenvalue weighted by Gasteiger charge is 2.23. The van der Waals surface area contributed by atoms with E-state index < -0.39 is 0 Å². The van der Waals surface area contributed by atoms with Crippen LogP contribution in [-0.4, -0.2) is 16.8 Å². The van der Waals surface area contributed by atoms with Crippen molar-refractivity contribution in [3.05, 3.63) is 20.8 Å². The standard InChI is InChI=1S/C10H11BrOS2/c11-10-4-3-7(14-10)6-8(12)9-2-1-5-13-9/h3-4,9H,1-2,5-6H2. The molecular weight excluding hydrogens is 280 g/mol. The van der Waals surface area contributed by atoms with E-state index in [1.165, 1.54) is 11.3 Å². The Hall–Kier alpha value is 0.200. The van der Waals surface area contributed by atoms with Crippen LogP contribution in [0.15, 0.2) is 15.9 Å². The minimum Gasteiger partial charge on any atom is -0.298 e. The molecule has 0 aromatic carbocycles. The van der Waals surface area contributed by atoms with E-state index in [-0.39, 0.29) is 5.25 Å². The minimum absolute atomic E-state index is 0.274. The van der Waals surface area contributed by atoms with Crippen molar-refractivity contribution in [2.75, 3.05) is 5.75 Å². The van der Waals surface area contributed by atoms with Crippen LogP contribution in [0.2, 0.25) is 0 Å². The monoisotopic (exact) mass is 290 g/mol. The Balaban J connectivity index is 1.93. The molecule has 1 unspecified atom stereocenters. The van der Waals surface area contributed by atoms with Crippen LogP contribution in [0.5, 0.6) is 0 Å². The van der Waals surface area contributed by atoms with E-state index in [1.807, 2.05) is 23.9 Å². The summed E-state index contributed by atoms with van der Waals surface area (Å²) in [7, 11) is 0. The Morgan fingerprint density at radius 1 is 1.57 bits per heavy atom. The molecule has 0 radical (unpaired) electrons. The predicted molar refractivity (Wildman–Crippen MR) is 66.2 cm³/mol. The van der Waals surface area contributed by atoms with Gasteiger partial charge in [-0.05, 0) is 46.7 Å².